The summed E-state index contributed by atoms with van der Waals surface area (Å²) < 4.78 is 5.35. The summed E-state index contributed by atoms with van der Waals surface area (Å²) in [4.78, 5) is 19.2. The zero-order valence-electron chi connectivity index (χ0n) is 10.3. The molecule has 4 heteroatoms. The first-order chi connectivity index (χ1) is 8.08. The van der Waals surface area contributed by atoms with Crippen LogP contribution in [0.5, 0.6) is 0 Å². The molecule has 0 radical (unpaired) electrons. The Labute approximate surface area is 100 Å². The summed E-state index contributed by atoms with van der Waals surface area (Å²) in [5.74, 6) is 1.59. The van der Waals surface area contributed by atoms with Crippen molar-refractivity contribution in [3.63, 3.8) is 0 Å². The van der Waals surface area contributed by atoms with Gasteiger partial charge in [-0.1, -0.05) is 0 Å². The van der Waals surface area contributed by atoms with E-state index in [0.29, 0.717) is 24.2 Å². The average Bonchev–Trinajstić information content (AvgIpc) is 2.81. The lowest BCUT2D eigenvalue weighted by Gasteiger charge is -1.98. The third kappa shape index (κ3) is 2.46. The van der Waals surface area contributed by atoms with Crippen LogP contribution in [-0.2, 0) is 6.42 Å². The van der Waals surface area contributed by atoms with E-state index in [1.165, 1.54) is 0 Å². The summed E-state index contributed by atoms with van der Waals surface area (Å²) in [6, 6.07) is 1.80. The van der Waals surface area contributed by atoms with Crippen molar-refractivity contribution >= 4 is 5.78 Å². The van der Waals surface area contributed by atoms with Crippen molar-refractivity contribution < 1.29 is 9.21 Å². The second kappa shape index (κ2) is 4.57. The average molecular weight is 232 g/mol. The summed E-state index contributed by atoms with van der Waals surface area (Å²) in [7, 11) is 0. The van der Waals surface area contributed by atoms with Crippen LogP contribution in [0.1, 0.15) is 39.7 Å². The minimum absolute atomic E-state index is 0.113. The van der Waals surface area contributed by atoms with Crippen LogP contribution in [0.4, 0.5) is 0 Å². The number of hydrogen-bond donors (Lipinski definition) is 1. The van der Waals surface area contributed by atoms with Gasteiger partial charge in [-0.05, 0) is 33.3 Å². The Balaban J connectivity index is 2.03. The quantitative estimate of drug-likeness (QED) is 0.824. The van der Waals surface area contributed by atoms with Gasteiger partial charge in [-0.2, -0.15) is 0 Å². The van der Waals surface area contributed by atoms with Gasteiger partial charge in [-0.15, -0.1) is 0 Å². The normalized spacial score (nSPS) is 10.8. The fourth-order valence-corrected chi connectivity index (χ4v) is 1.91. The minimum atomic E-state index is 0.113. The molecule has 0 spiro atoms. The number of aromatic nitrogens is 2. The number of nitrogens with one attached hydrogen (secondary N) is 1. The zero-order chi connectivity index (χ0) is 12.4. The van der Waals surface area contributed by atoms with Crippen LogP contribution >= 0.6 is 0 Å². The van der Waals surface area contributed by atoms with Gasteiger partial charge in [0.2, 0.25) is 0 Å². The molecule has 0 amide bonds. The summed E-state index contributed by atoms with van der Waals surface area (Å²) in [5, 5.41) is 0. The van der Waals surface area contributed by atoms with Crippen LogP contribution in [-0.4, -0.2) is 15.8 Å². The highest BCUT2D eigenvalue weighted by molar-refractivity contribution is 5.97. The number of hydrogen-bond acceptors (Lipinski definition) is 3. The first-order valence-corrected chi connectivity index (χ1v) is 5.67. The Morgan fingerprint density at radius 3 is 2.71 bits per heavy atom. The number of carbonyl (C=O) groups is 1. The molecule has 0 aliphatic carbocycles. The fourth-order valence-electron chi connectivity index (χ4n) is 1.91. The van der Waals surface area contributed by atoms with E-state index in [4.69, 9.17) is 4.42 Å². The van der Waals surface area contributed by atoms with Gasteiger partial charge in [0.15, 0.2) is 5.78 Å². The molecule has 0 fully saturated rings. The number of ketones is 1. The highest BCUT2D eigenvalue weighted by Crippen LogP contribution is 2.16. The van der Waals surface area contributed by atoms with E-state index in [1.807, 2.05) is 20.8 Å². The van der Waals surface area contributed by atoms with Gasteiger partial charge < -0.3 is 9.40 Å². The number of imidazole rings is 1. The van der Waals surface area contributed by atoms with Gasteiger partial charge in [0.1, 0.15) is 11.5 Å². The molecule has 0 aliphatic rings. The third-order valence-corrected chi connectivity index (χ3v) is 2.86. The molecule has 0 saturated heterocycles. The first-order valence-electron chi connectivity index (χ1n) is 5.67. The number of H-pyrrole nitrogens is 1. The van der Waals surface area contributed by atoms with Gasteiger partial charge in [-0.25, -0.2) is 4.98 Å². The van der Waals surface area contributed by atoms with Crippen molar-refractivity contribution in [2.45, 2.75) is 33.6 Å². The Kier molecular flexibility index (Phi) is 3.13. The van der Waals surface area contributed by atoms with Crippen LogP contribution in [0.25, 0.3) is 0 Å². The third-order valence-electron chi connectivity index (χ3n) is 2.86. The second-order valence-electron chi connectivity index (χ2n) is 4.22. The lowest BCUT2D eigenvalue weighted by atomic mass is 10.1. The smallest absolute Gasteiger partial charge is 0.166 e. The van der Waals surface area contributed by atoms with E-state index in [9.17, 15) is 4.79 Å². The van der Waals surface area contributed by atoms with Gasteiger partial charge in [0, 0.05) is 12.1 Å². The molecule has 2 heterocycles. The zero-order valence-corrected chi connectivity index (χ0v) is 10.3. The molecule has 0 unspecified atom stereocenters. The molecule has 2 aromatic heterocycles. The van der Waals surface area contributed by atoms with Gasteiger partial charge in [0.25, 0.3) is 0 Å². The Bertz CT molecular complexity index is 537. The second-order valence-corrected chi connectivity index (χ2v) is 4.22. The molecule has 0 bridgehead atoms. The molecular weight excluding hydrogens is 216 g/mol. The molecule has 2 aromatic rings. The van der Waals surface area contributed by atoms with Gasteiger partial charge in [0.05, 0.1) is 17.6 Å². The molecule has 0 aromatic carbocycles. The highest BCUT2D eigenvalue weighted by atomic mass is 16.3. The summed E-state index contributed by atoms with van der Waals surface area (Å²) >= 11 is 0. The van der Waals surface area contributed by atoms with E-state index >= 15 is 0 Å². The monoisotopic (exact) mass is 232 g/mol. The Morgan fingerprint density at radius 2 is 2.18 bits per heavy atom. The fraction of sp³-hybridized carbons (Fsp3) is 0.385. The van der Waals surface area contributed by atoms with Crippen molar-refractivity contribution in [3.8, 4) is 0 Å². The topological polar surface area (TPSA) is 58.9 Å². The SMILES string of the molecule is Cc1cc(C(=O)CCc2nc[nH]c2C)c(C)o1. The van der Waals surface area contributed by atoms with Crippen molar-refractivity contribution in [2.24, 2.45) is 0 Å². The molecule has 0 saturated carbocycles. The molecule has 17 heavy (non-hydrogen) atoms. The summed E-state index contributed by atoms with van der Waals surface area (Å²) in [5.41, 5.74) is 2.67. The minimum Gasteiger partial charge on any atom is -0.466 e. The van der Waals surface area contributed by atoms with Gasteiger partial charge >= 0.3 is 0 Å². The van der Waals surface area contributed by atoms with E-state index in [2.05, 4.69) is 9.97 Å². The van der Waals surface area contributed by atoms with E-state index in [0.717, 1.165) is 17.1 Å². The van der Waals surface area contributed by atoms with Crippen LogP contribution in [0, 0.1) is 20.8 Å². The maximum atomic E-state index is 12.0. The molecule has 0 atom stereocenters. The van der Waals surface area contributed by atoms with E-state index in [-0.39, 0.29) is 5.78 Å². The van der Waals surface area contributed by atoms with Crippen molar-refractivity contribution in [3.05, 3.63) is 40.9 Å². The van der Waals surface area contributed by atoms with Crippen molar-refractivity contribution in [1.29, 1.82) is 0 Å². The van der Waals surface area contributed by atoms with Crippen molar-refractivity contribution in [2.75, 3.05) is 0 Å². The lowest BCUT2D eigenvalue weighted by molar-refractivity contribution is 0.0981. The van der Waals surface area contributed by atoms with E-state index in [1.54, 1.807) is 12.4 Å². The maximum absolute atomic E-state index is 12.0. The standard InChI is InChI=1S/C13H16N2O2/c1-8-6-11(10(3)17-8)13(16)5-4-12-9(2)14-7-15-12/h6-7H,4-5H2,1-3H3,(H,14,15). The number of aromatic amines is 1. The number of aryl methyl sites for hydroxylation is 4. The van der Waals surface area contributed by atoms with Crippen LogP contribution in [0.3, 0.4) is 0 Å². The van der Waals surface area contributed by atoms with Crippen molar-refractivity contribution in [1.82, 2.24) is 9.97 Å². The largest absolute Gasteiger partial charge is 0.466 e. The summed E-state index contributed by atoms with van der Waals surface area (Å²) in [6.45, 7) is 5.63. The maximum Gasteiger partial charge on any atom is 0.166 e. The highest BCUT2D eigenvalue weighted by Gasteiger charge is 2.14. The number of Topliss-reactive ketones (excluding diaryl/α,β-unsaturated/α-hetero) is 1. The molecule has 0 aliphatic heterocycles. The number of nitrogens with zero attached hydrogens (tertiary/aromatic N) is 1. The molecular formula is C13H16N2O2. The lowest BCUT2D eigenvalue weighted by Crippen LogP contribution is -2.02. The Morgan fingerprint density at radius 1 is 1.41 bits per heavy atom. The molecule has 90 valence electrons. The number of rotatable bonds is 4. The van der Waals surface area contributed by atoms with Crippen LogP contribution < -0.4 is 0 Å². The first kappa shape index (κ1) is 11.6. The Hall–Kier alpha value is -1.84. The van der Waals surface area contributed by atoms with Gasteiger partial charge in [-0.3, -0.25) is 4.79 Å². The number of furan rings is 1. The van der Waals surface area contributed by atoms with E-state index < -0.39 is 0 Å². The van der Waals surface area contributed by atoms with Crippen LogP contribution in [0.2, 0.25) is 0 Å². The molecule has 4 nitrogen and oxygen atoms in total. The predicted octanol–water partition coefficient (Wildman–Crippen LogP) is 2.74. The predicted molar refractivity (Wildman–Crippen MR) is 64.2 cm³/mol. The number of carbonyl (C=O) groups excluding carboxylic acids is 1. The molecule has 2 rings (SSSR count). The molecule has 1 N–H and O–H groups in total. The van der Waals surface area contributed by atoms with Crippen LogP contribution in [0.15, 0.2) is 16.8 Å². The summed E-state index contributed by atoms with van der Waals surface area (Å²) in [6.07, 6.45) is 2.78.